The molecule has 1 atom stereocenters. The van der Waals surface area contributed by atoms with Crippen LogP contribution in [0.25, 0.3) is 0 Å². The van der Waals surface area contributed by atoms with Crippen molar-refractivity contribution in [2.24, 2.45) is 0 Å². The fourth-order valence-corrected chi connectivity index (χ4v) is 2.33. The number of nitrogens with zero attached hydrogens (tertiary/aromatic N) is 2. The summed E-state index contributed by atoms with van der Waals surface area (Å²) in [6, 6.07) is 1.76. The highest BCUT2D eigenvalue weighted by atomic mass is 35.5. The van der Waals surface area contributed by atoms with Gasteiger partial charge in [-0.3, -0.25) is 9.97 Å². The number of halogens is 1. The van der Waals surface area contributed by atoms with Crippen LogP contribution in [0.5, 0.6) is 0 Å². The Morgan fingerprint density at radius 1 is 1.40 bits per heavy atom. The maximum absolute atomic E-state index is 9.98. The molecule has 0 saturated carbocycles. The van der Waals surface area contributed by atoms with Crippen LogP contribution in [0.15, 0.2) is 23.8 Å². The highest BCUT2D eigenvalue weighted by Crippen LogP contribution is 2.31. The molecule has 1 N–H and O–H groups in total. The number of hydrogen-bond acceptors (Lipinski definition) is 4. The predicted molar refractivity (Wildman–Crippen MR) is 60.2 cm³/mol. The lowest BCUT2D eigenvalue weighted by Gasteiger charge is -2.07. The molecule has 0 spiro atoms. The molecule has 2 aromatic rings. The fourth-order valence-electron chi connectivity index (χ4n) is 1.18. The zero-order valence-electron chi connectivity index (χ0n) is 8.01. The van der Waals surface area contributed by atoms with Gasteiger partial charge in [-0.1, -0.05) is 11.6 Å². The number of aryl methyl sites for hydroxylation is 1. The Kier molecular flexibility index (Phi) is 3.00. The van der Waals surface area contributed by atoms with Crippen LogP contribution < -0.4 is 0 Å². The van der Waals surface area contributed by atoms with Gasteiger partial charge in [-0.05, 0) is 18.4 Å². The maximum atomic E-state index is 9.98. The Bertz CT molecular complexity index is 455. The number of rotatable bonds is 2. The van der Waals surface area contributed by atoms with Gasteiger partial charge < -0.3 is 5.11 Å². The second kappa shape index (κ2) is 4.26. The van der Waals surface area contributed by atoms with Crippen molar-refractivity contribution in [3.63, 3.8) is 0 Å². The van der Waals surface area contributed by atoms with Crippen molar-refractivity contribution in [2.75, 3.05) is 0 Å². The van der Waals surface area contributed by atoms with E-state index in [9.17, 15) is 5.11 Å². The zero-order chi connectivity index (χ0) is 10.8. The van der Waals surface area contributed by atoms with E-state index in [-0.39, 0.29) is 0 Å². The third-order valence-electron chi connectivity index (χ3n) is 1.97. The normalized spacial score (nSPS) is 12.7. The minimum atomic E-state index is -0.786. The molecule has 0 aromatic carbocycles. The molecular formula is C10H9ClN2OS. The van der Waals surface area contributed by atoms with Crippen LogP contribution in [0.3, 0.4) is 0 Å². The molecule has 0 bridgehead atoms. The Labute approximate surface area is 96.4 Å². The minimum Gasteiger partial charge on any atom is -0.381 e. The molecule has 5 heteroatoms. The summed E-state index contributed by atoms with van der Waals surface area (Å²) in [4.78, 5) is 8.89. The lowest BCUT2D eigenvalue weighted by molar-refractivity contribution is 0.218. The number of hydrogen-bond donors (Lipinski definition) is 1. The topological polar surface area (TPSA) is 46.0 Å². The van der Waals surface area contributed by atoms with Gasteiger partial charge in [0.25, 0.3) is 0 Å². The molecule has 0 amide bonds. The molecule has 0 aliphatic carbocycles. The first-order valence-corrected chi connectivity index (χ1v) is 5.63. The Morgan fingerprint density at radius 3 is 2.73 bits per heavy atom. The van der Waals surface area contributed by atoms with E-state index >= 15 is 0 Å². The number of aliphatic hydroxyl groups is 1. The van der Waals surface area contributed by atoms with Crippen molar-refractivity contribution in [1.82, 2.24) is 9.97 Å². The smallest absolute Gasteiger partial charge is 0.133 e. The van der Waals surface area contributed by atoms with Crippen LogP contribution in [0.4, 0.5) is 0 Å². The van der Waals surface area contributed by atoms with E-state index in [1.807, 2.05) is 12.3 Å². The summed E-state index contributed by atoms with van der Waals surface area (Å²) < 4.78 is 0. The largest absolute Gasteiger partial charge is 0.381 e. The second-order valence-corrected chi connectivity index (χ2v) is 4.47. The zero-order valence-corrected chi connectivity index (χ0v) is 9.59. The molecule has 2 aromatic heterocycles. The van der Waals surface area contributed by atoms with Crippen molar-refractivity contribution < 1.29 is 5.11 Å². The van der Waals surface area contributed by atoms with E-state index in [1.165, 1.54) is 11.3 Å². The fraction of sp³-hybridized carbons (Fsp3) is 0.200. The summed E-state index contributed by atoms with van der Waals surface area (Å²) in [5, 5.41) is 12.4. The third-order valence-corrected chi connectivity index (χ3v) is 3.39. The van der Waals surface area contributed by atoms with Gasteiger partial charge in [0.15, 0.2) is 0 Å². The highest BCUT2D eigenvalue weighted by molar-refractivity contribution is 7.10. The van der Waals surface area contributed by atoms with Crippen LogP contribution >= 0.6 is 22.9 Å². The van der Waals surface area contributed by atoms with Crippen molar-refractivity contribution >= 4 is 22.9 Å². The molecule has 0 aliphatic rings. The molecule has 2 heterocycles. The molecule has 2 rings (SSSR count). The quantitative estimate of drug-likeness (QED) is 0.878. The van der Waals surface area contributed by atoms with Crippen molar-refractivity contribution in [2.45, 2.75) is 13.0 Å². The van der Waals surface area contributed by atoms with Gasteiger partial charge in [0.05, 0.1) is 27.5 Å². The molecule has 0 aliphatic heterocycles. The summed E-state index contributed by atoms with van der Waals surface area (Å²) in [6.07, 6.45) is 2.40. The summed E-state index contributed by atoms with van der Waals surface area (Å²) in [5.41, 5.74) is 1.34. The first-order valence-electron chi connectivity index (χ1n) is 4.38. The van der Waals surface area contributed by atoms with E-state index in [2.05, 4.69) is 9.97 Å². The summed E-state index contributed by atoms with van der Waals surface area (Å²) in [7, 11) is 0. The number of thiophene rings is 1. The van der Waals surface area contributed by atoms with E-state index < -0.39 is 6.10 Å². The molecule has 78 valence electrons. The van der Waals surface area contributed by atoms with Crippen molar-refractivity contribution in [1.29, 1.82) is 0 Å². The Morgan fingerprint density at radius 2 is 2.20 bits per heavy atom. The average molecular weight is 241 g/mol. The van der Waals surface area contributed by atoms with E-state index in [4.69, 9.17) is 11.6 Å². The summed E-state index contributed by atoms with van der Waals surface area (Å²) in [6.45, 7) is 1.85. The molecule has 15 heavy (non-hydrogen) atoms. The third kappa shape index (κ3) is 2.17. The molecule has 0 fully saturated rings. The van der Waals surface area contributed by atoms with Crippen molar-refractivity contribution in [3.8, 4) is 0 Å². The van der Waals surface area contributed by atoms with Gasteiger partial charge in [0.2, 0.25) is 0 Å². The van der Waals surface area contributed by atoms with Crippen LogP contribution in [0.2, 0.25) is 5.02 Å². The molecule has 3 nitrogen and oxygen atoms in total. The second-order valence-electron chi connectivity index (χ2n) is 3.12. The van der Waals surface area contributed by atoms with Crippen LogP contribution in [-0.4, -0.2) is 15.1 Å². The molecule has 1 unspecified atom stereocenters. The maximum Gasteiger partial charge on any atom is 0.133 e. The lowest BCUT2D eigenvalue weighted by Crippen LogP contribution is -2.02. The molecule has 0 radical (unpaired) electrons. The molecule has 0 saturated heterocycles. The van der Waals surface area contributed by atoms with Gasteiger partial charge >= 0.3 is 0 Å². The van der Waals surface area contributed by atoms with Gasteiger partial charge in [-0.25, -0.2) is 0 Å². The SMILES string of the molecule is Cc1cnc(C(O)c2sccc2Cl)cn1. The van der Waals surface area contributed by atoms with Gasteiger partial charge in [-0.2, -0.15) is 0 Å². The van der Waals surface area contributed by atoms with E-state index in [0.29, 0.717) is 15.6 Å². The highest BCUT2D eigenvalue weighted by Gasteiger charge is 2.16. The van der Waals surface area contributed by atoms with E-state index in [0.717, 1.165) is 5.69 Å². The van der Waals surface area contributed by atoms with Crippen LogP contribution in [-0.2, 0) is 0 Å². The van der Waals surface area contributed by atoms with Crippen LogP contribution in [0, 0.1) is 6.92 Å². The van der Waals surface area contributed by atoms with Gasteiger partial charge in [0, 0.05) is 6.20 Å². The lowest BCUT2D eigenvalue weighted by atomic mass is 10.2. The monoisotopic (exact) mass is 240 g/mol. The van der Waals surface area contributed by atoms with Gasteiger partial charge in [-0.15, -0.1) is 11.3 Å². The average Bonchev–Trinajstić information content (AvgIpc) is 2.65. The van der Waals surface area contributed by atoms with E-state index in [1.54, 1.807) is 18.5 Å². The number of aliphatic hydroxyl groups excluding tert-OH is 1. The number of aromatic nitrogens is 2. The van der Waals surface area contributed by atoms with Gasteiger partial charge in [0.1, 0.15) is 6.10 Å². The predicted octanol–water partition coefficient (Wildman–Crippen LogP) is 2.58. The van der Waals surface area contributed by atoms with Crippen LogP contribution in [0.1, 0.15) is 22.4 Å². The molecular weight excluding hydrogens is 232 g/mol. The minimum absolute atomic E-state index is 0.518. The first-order chi connectivity index (χ1) is 7.18. The first kappa shape index (κ1) is 10.5. The Hall–Kier alpha value is -0.970. The summed E-state index contributed by atoms with van der Waals surface area (Å²) >= 11 is 7.33. The summed E-state index contributed by atoms with van der Waals surface area (Å²) in [5.74, 6) is 0. The standard InChI is InChI=1S/C10H9ClN2OS/c1-6-4-13-8(5-12-6)9(14)10-7(11)2-3-15-10/h2-5,9,14H,1H3. The Balaban J connectivity index is 2.32. The van der Waals surface area contributed by atoms with Crippen molar-refractivity contribution in [3.05, 3.63) is 45.1 Å².